The normalized spacial score (nSPS) is 10.7. The molecule has 0 saturated carbocycles. The van der Waals surface area contributed by atoms with Crippen LogP contribution in [0, 0.1) is 27.7 Å². The summed E-state index contributed by atoms with van der Waals surface area (Å²) in [7, 11) is 0. The van der Waals surface area contributed by atoms with Gasteiger partial charge in [0.1, 0.15) is 0 Å². The zero-order chi connectivity index (χ0) is 13.3. The Balaban J connectivity index is 2.56. The summed E-state index contributed by atoms with van der Waals surface area (Å²) in [5.74, 6) is 0. The van der Waals surface area contributed by atoms with Crippen molar-refractivity contribution >= 4 is 0 Å². The van der Waals surface area contributed by atoms with Crippen LogP contribution in [0.2, 0.25) is 0 Å². The molecule has 0 spiro atoms. The monoisotopic (exact) mass is 240 g/mol. The molecule has 0 atom stereocenters. The van der Waals surface area contributed by atoms with Crippen molar-refractivity contribution in [3.63, 3.8) is 0 Å². The number of nitrogens with zero attached hydrogens (tertiary/aromatic N) is 1. The maximum absolute atomic E-state index is 5.62. The lowest BCUT2D eigenvalue weighted by molar-refractivity contribution is 1.07. The first-order valence-corrected chi connectivity index (χ1v) is 6.28. The molecular weight excluding hydrogens is 220 g/mol. The molecule has 1 aromatic carbocycles. The van der Waals surface area contributed by atoms with Crippen LogP contribution in [0.15, 0.2) is 24.3 Å². The van der Waals surface area contributed by atoms with Gasteiger partial charge < -0.3 is 5.73 Å². The van der Waals surface area contributed by atoms with Crippen molar-refractivity contribution in [1.29, 1.82) is 0 Å². The topological polar surface area (TPSA) is 38.9 Å². The molecule has 0 aliphatic carbocycles. The second kappa shape index (κ2) is 4.91. The van der Waals surface area contributed by atoms with E-state index in [0.717, 1.165) is 22.5 Å². The van der Waals surface area contributed by atoms with Crippen molar-refractivity contribution in [2.75, 3.05) is 0 Å². The molecule has 94 valence electrons. The van der Waals surface area contributed by atoms with Crippen LogP contribution in [0.1, 0.15) is 27.9 Å². The van der Waals surface area contributed by atoms with Gasteiger partial charge in [0.05, 0.1) is 5.69 Å². The molecule has 1 aromatic heterocycles. The van der Waals surface area contributed by atoms with Crippen LogP contribution >= 0.6 is 0 Å². The summed E-state index contributed by atoms with van der Waals surface area (Å²) < 4.78 is 0. The Morgan fingerprint density at radius 2 is 1.50 bits per heavy atom. The number of pyridine rings is 1. The zero-order valence-electron chi connectivity index (χ0n) is 11.5. The van der Waals surface area contributed by atoms with Gasteiger partial charge in [-0.1, -0.05) is 24.3 Å². The Bertz CT molecular complexity index is 569. The molecule has 0 aliphatic rings. The summed E-state index contributed by atoms with van der Waals surface area (Å²) >= 11 is 0. The van der Waals surface area contributed by atoms with E-state index < -0.39 is 0 Å². The lowest BCUT2D eigenvalue weighted by Crippen LogP contribution is -2.00. The summed E-state index contributed by atoms with van der Waals surface area (Å²) in [6.07, 6.45) is 0. The highest BCUT2D eigenvalue weighted by Gasteiger charge is 2.10. The average Bonchev–Trinajstić information content (AvgIpc) is 2.41. The largest absolute Gasteiger partial charge is 0.326 e. The fourth-order valence-electron chi connectivity index (χ4n) is 2.15. The summed E-state index contributed by atoms with van der Waals surface area (Å²) in [5, 5.41) is 0. The minimum Gasteiger partial charge on any atom is -0.326 e. The fourth-order valence-corrected chi connectivity index (χ4v) is 2.15. The molecule has 0 radical (unpaired) electrons. The van der Waals surface area contributed by atoms with Gasteiger partial charge in [0.25, 0.3) is 0 Å². The molecule has 0 saturated heterocycles. The van der Waals surface area contributed by atoms with E-state index in [0.29, 0.717) is 6.54 Å². The summed E-state index contributed by atoms with van der Waals surface area (Å²) in [6.45, 7) is 9.09. The molecule has 0 bridgehead atoms. The van der Waals surface area contributed by atoms with Crippen LogP contribution < -0.4 is 5.73 Å². The van der Waals surface area contributed by atoms with E-state index in [1.54, 1.807) is 0 Å². The lowest BCUT2D eigenvalue weighted by atomic mass is 9.97. The molecule has 18 heavy (non-hydrogen) atoms. The van der Waals surface area contributed by atoms with E-state index in [9.17, 15) is 0 Å². The zero-order valence-corrected chi connectivity index (χ0v) is 11.5. The Kier molecular flexibility index (Phi) is 3.48. The first-order valence-electron chi connectivity index (χ1n) is 6.28. The van der Waals surface area contributed by atoms with E-state index in [2.05, 4.69) is 52.0 Å². The van der Waals surface area contributed by atoms with Crippen LogP contribution in [0.25, 0.3) is 11.3 Å². The van der Waals surface area contributed by atoms with Gasteiger partial charge in [0.2, 0.25) is 0 Å². The predicted octanol–water partition coefficient (Wildman–Crippen LogP) is 3.44. The van der Waals surface area contributed by atoms with Gasteiger partial charge >= 0.3 is 0 Å². The van der Waals surface area contributed by atoms with E-state index in [1.807, 2.05) is 0 Å². The highest BCUT2D eigenvalue weighted by Crippen LogP contribution is 2.26. The van der Waals surface area contributed by atoms with Crippen LogP contribution in [0.4, 0.5) is 0 Å². The number of benzene rings is 1. The second-order valence-corrected chi connectivity index (χ2v) is 4.82. The maximum atomic E-state index is 5.62. The fraction of sp³-hybridized carbons (Fsp3) is 0.312. The Morgan fingerprint density at radius 1 is 0.889 bits per heavy atom. The van der Waals surface area contributed by atoms with Gasteiger partial charge in [-0.15, -0.1) is 0 Å². The number of rotatable bonds is 2. The van der Waals surface area contributed by atoms with Crippen molar-refractivity contribution in [3.8, 4) is 11.3 Å². The minimum atomic E-state index is 0.582. The van der Waals surface area contributed by atoms with Crippen molar-refractivity contribution in [1.82, 2.24) is 4.98 Å². The standard InChI is InChI=1S/C16H20N2/c1-10-11(2)13(4)18-16(12(10)3)15-7-5-14(9-17)6-8-15/h5-8H,9,17H2,1-4H3. The number of aromatic nitrogens is 1. The van der Waals surface area contributed by atoms with Crippen molar-refractivity contribution in [3.05, 3.63) is 52.2 Å². The van der Waals surface area contributed by atoms with E-state index >= 15 is 0 Å². The summed E-state index contributed by atoms with van der Waals surface area (Å²) in [4.78, 5) is 4.73. The van der Waals surface area contributed by atoms with Gasteiger partial charge in [-0.05, 0) is 49.9 Å². The van der Waals surface area contributed by atoms with Crippen molar-refractivity contribution in [2.45, 2.75) is 34.2 Å². The Labute approximate surface area is 109 Å². The quantitative estimate of drug-likeness (QED) is 0.873. The average molecular weight is 240 g/mol. The third-order valence-corrected chi connectivity index (χ3v) is 3.77. The highest BCUT2D eigenvalue weighted by molar-refractivity contribution is 5.65. The van der Waals surface area contributed by atoms with Crippen molar-refractivity contribution in [2.24, 2.45) is 5.73 Å². The van der Waals surface area contributed by atoms with Crippen LogP contribution in [0.5, 0.6) is 0 Å². The number of hydrogen-bond donors (Lipinski definition) is 1. The molecule has 2 aromatic rings. The molecule has 2 N–H and O–H groups in total. The second-order valence-electron chi connectivity index (χ2n) is 4.82. The third-order valence-electron chi connectivity index (χ3n) is 3.77. The van der Waals surface area contributed by atoms with E-state index in [1.165, 1.54) is 16.7 Å². The van der Waals surface area contributed by atoms with E-state index in [-0.39, 0.29) is 0 Å². The molecule has 2 heteroatoms. The van der Waals surface area contributed by atoms with Crippen LogP contribution in [-0.4, -0.2) is 4.98 Å². The molecule has 0 amide bonds. The van der Waals surface area contributed by atoms with Gasteiger partial charge in [-0.25, -0.2) is 0 Å². The van der Waals surface area contributed by atoms with Gasteiger partial charge in [0, 0.05) is 17.8 Å². The van der Waals surface area contributed by atoms with Crippen LogP contribution in [0.3, 0.4) is 0 Å². The first kappa shape index (κ1) is 12.8. The van der Waals surface area contributed by atoms with Crippen molar-refractivity contribution < 1.29 is 0 Å². The number of hydrogen-bond acceptors (Lipinski definition) is 2. The summed E-state index contributed by atoms with van der Waals surface area (Å²) in [5.41, 5.74) is 14.0. The van der Waals surface area contributed by atoms with Gasteiger partial charge in [-0.3, -0.25) is 4.98 Å². The van der Waals surface area contributed by atoms with Gasteiger partial charge in [0.15, 0.2) is 0 Å². The smallest absolute Gasteiger partial charge is 0.0737 e. The van der Waals surface area contributed by atoms with E-state index in [4.69, 9.17) is 10.7 Å². The maximum Gasteiger partial charge on any atom is 0.0737 e. The van der Waals surface area contributed by atoms with Crippen LogP contribution in [-0.2, 0) is 6.54 Å². The lowest BCUT2D eigenvalue weighted by Gasteiger charge is -2.13. The summed E-state index contributed by atoms with van der Waals surface area (Å²) in [6, 6.07) is 8.35. The minimum absolute atomic E-state index is 0.582. The molecule has 0 unspecified atom stereocenters. The SMILES string of the molecule is Cc1nc(-c2ccc(CN)cc2)c(C)c(C)c1C. The molecule has 0 aliphatic heterocycles. The molecule has 2 rings (SSSR count). The molecule has 1 heterocycles. The number of nitrogens with two attached hydrogens (primary N) is 1. The number of aryl methyl sites for hydroxylation is 1. The molecule has 0 fully saturated rings. The highest BCUT2D eigenvalue weighted by atomic mass is 14.7. The molecular formula is C16H20N2. The third kappa shape index (κ3) is 2.16. The first-order chi connectivity index (χ1) is 8.54. The predicted molar refractivity (Wildman–Crippen MR) is 76.5 cm³/mol. The molecule has 2 nitrogen and oxygen atoms in total. The Hall–Kier alpha value is -1.67. The van der Waals surface area contributed by atoms with Gasteiger partial charge in [-0.2, -0.15) is 0 Å². The Morgan fingerprint density at radius 3 is 2.06 bits per heavy atom.